The Labute approximate surface area is 208 Å². The lowest BCUT2D eigenvalue weighted by molar-refractivity contribution is -0.140. The second kappa shape index (κ2) is 10.4. The number of nitriles is 1. The van der Waals surface area contributed by atoms with Crippen LogP contribution >= 0.6 is 23.2 Å². The molecule has 3 heterocycles. The van der Waals surface area contributed by atoms with Gasteiger partial charge in [-0.25, -0.2) is 0 Å². The lowest BCUT2D eigenvalue weighted by atomic mass is 10.1. The first-order chi connectivity index (χ1) is 16.2. The van der Waals surface area contributed by atoms with Crippen molar-refractivity contribution in [1.82, 2.24) is 24.1 Å². The summed E-state index contributed by atoms with van der Waals surface area (Å²) in [6.07, 6.45) is 1.22. The summed E-state index contributed by atoms with van der Waals surface area (Å²) in [7, 11) is -3.73. The smallest absolute Gasteiger partial charge is 0.282 e. The van der Waals surface area contributed by atoms with Gasteiger partial charge in [0.2, 0.25) is 11.8 Å². The summed E-state index contributed by atoms with van der Waals surface area (Å²) in [4.78, 5) is 27.7. The molecule has 1 aromatic carbocycles. The van der Waals surface area contributed by atoms with Gasteiger partial charge < -0.3 is 15.5 Å². The monoisotopic (exact) mass is 528 g/mol. The number of carbonyl (C=O) groups is 2. The summed E-state index contributed by atoms with van der Waals surface area (Å²) < 4.78 is 28.3. The normalized spacial score (nSPS) is 24.4. The summed E-state index contributed by atoms with van der Waals surface area (Å²) in [6, 6.07) is 5.73. The minimum atomic E-state index is -3.73. The number of piperazine rings is 1. The van der Waals surface area contributed by atoms with E-state index in [0.29, 0.717) is 36.0 Å². The summed E-state index contributed by atoms with van der Waals surface area (Å²) in [5.41, 5.74) is 0.751. The molecule has 34 heavy (non-hydrogen) atoms. The van der Waals surface area contributed by atoms with E-state index in [1.54, 1.807) is 18.2 Å². The zero-order chi connectivity index (χ0) is 24.5. The van der Waals surface area contributed by atoms with E-state index in [1.165, 1.54) is 13.5 Å². The summed E-state index contributed by atoms with van der Waals surface area (Å²) in [5, 5.41) is 15.8. The van der Waals surface area contributed by atoms with Crippen LogP contribution in [0.15, 0.2) is 18.2 Å². The second-order valence-corrected chi connectivity index (χ2v) is 11.5. The number of carbonyl (C=O) groups excluding carboxylic acids is 2. The lowest BCUT2D eigenvalue weighted by Crippen LogP contribution is -2.63. The van der Waals surface area contributed by atoms with E-state index in [0.717, 1.165) is 5.56 Å². The zero-order valence-electron chi connectivity index (χ0n) is 18.4. The molecule has 184 valence electrons. The van der Waals surface area contributed by atoms with Crippen LogP contribution in [0.5, 0.6) is 0 Å². The number of benzene rings is 1. The van der Waals surface area contributed by atoms with E-state index in [9.17, 15) is 18.0 Å². The second-order valence-electron chi connectivity index (χ2n) is 8.70. The van der Waals surface area contributed by atoms with Crippen LogP contribution in [0.3, 0.4) is 0 Å². The van der Waals surface area contributed by atoms with Gasteiger partial charge in [-0.2, -0.15) is 22.3 Å². The average Bonchev–Trinajstić information content (AvgIpc) is 3.25. The van der Waals surface area contributed by atoms with Gasteiger partial charge in [-0.1, -0.05) is 23.2 Å². The number of nitrogens with one attached hydrogen (secondary N) is 2. The molecule has 3 aliphatic heterocycles. The Hall–Kier alpha value is -1.94. The molecule has 2 N–H and O–H groups in total. The molecule has 2 atom stereocenters. The third-order valence-corrected chi connectivity index (χ3v) is 8.72. The third kappa shape index (κ3) is 5.32. The van der Waals surface area contributed by atoms with E-state index in [2.05, 4.69) is 16.7 Å². The van der Waals surface area contributed by atoms with Crippen molar-refractivity contribution in [3.8, 4) is 6.07 Å². The topological polar surface area (TPSA) is 126 Å². The molecule has 0 aliphatic carbocycles. The first kappa shape index (κ1) is 25.2. The minimum Gasteiger partial charge on any atom is -0.350 e. The number of hydrogen-bond donors (Lipinski definition) is 2. The Bertz CT molecular complexity index is 1080. The van der Waals surface area contributed by atoms with Crippen molar-refractivity contribution in [3.63, 3.8) is 0 Å². The van der Waals surface area contributed by atoms with Crippen LogP contribution < -0.4 is 10.6 Å². The summed E-state index contributed by atoms with van der Waals surface area (Å²) in [5.74, 6) is -0.853. The highest BCUT2D eigenvalue weighted by Gasteiger charge is 2.44. The summed E-state index contributed by atoms with van der Waals surface area (Å²) >= 11 is 12.0. The maximum absolute atomic E-state index is 13.3. The highest BCUT2D eigenvalue weighted by atomic mass is 35.5. The third-order valence-electron chi connectivity index (χ3n) is 6.35. The molecule has 2 amide bonds. The molecule has 3 aliphatic rings. The molecular weight excluding hydrogens is 503 g/mol. The molecule has 4 rings (SSSR count). The largest absolute Gasteiger partial charge is 0.350 e. The van der Waals surface area contributed by atoms with Crippen molar-refractivity contribution in [2.75, 3.05) is 39.3 Å². The maximum atomic E-state index is 13.3. The van der Waals surface area contributed by atoms with Crippen molar-refractivity contribution in [1.29, 1.82) is 5.26 Å². The number of amides is 2. The minimum absolute atomic E-state index is 0.0132. The quantitative estimate of drug-likeness (QED) is 0.555. The molecule has 3 fully saturated rings. The van der Waals surface area contributed by atoms with Gasteiger partial charge in [0.05, 0.1) is 12.0 Å². The Morgan fingerprint density at radius 3 is 2.50 bits per heavy atom. The molecule has 0 aromatic heterocycles. The summed E-state index contributed by atoms with van der Waals surface area (Å²) in [6.45, 7) is 1.56. The molecule has 1 aromatic rings. The zero-order valence-corrected chi connectivity index (χ0v) is 20.7. The van der Waals surface area contributed by atoms with Crippen LogP contribution in [0.1, 0.15) is 18.4 Å². The van der Waals surface area contributed by atoms with Gasteiger partial charge in [0.25, 0.3) is 10.2 Å². The van der Waals surface area contributed by atoms with Crippen molar-refractivity contribution >= 4 is 45.2 Å². The molecule has 13 heteroatoms. The molecule has 0 bridgehead atoms. The van der Waals surface area contributed by atoms with Gasteiger partial charge in [-0.15, -0.1) is 0 Å². The van der Waals surface area contributed by atoms with E-state index in [1.807, 2.05) is 0 Å². The van der Waals surface area contributed by atoms with Crippen LogP contribution in [0.25, 0.3) is 0 Å². The Morgan fingerprint density at radius 1 is 1.12 bits per heavy atom. The van der Waals surface area contributed by atoms with Gasteiger partial charge in [0.15, 0.2) is 0 Å². The van der Waals surface area contributed by atoms with Crippen LogP contribution in [0.2, 0.25) is 10.0 Å². The number of hydrogen-bond acceptors (Lipinski definition) is 6. The molecule has 0 radical (unpaired) electrons. The number of halogens is 2. The van der Waals surface area contributed by atoms with Crippen molar-refractivity contribution in [2.45, 2.75) is 31.5 Å². The fourth-order valence-corrected chi connectivity index (χ4v) is 6.79. The van der Waals surface area contributed by atoms with Crippen molar-refractivity contribution in [2.24, 2.45) is 5.92 Å². The first-order valence-corrected chi connectivity index (χ1v) is 13.3. The SMILES string of the molecule is N#CC1CN(S(=O)(=O)N2CCN[C@H](C(=O)N3CCC[C@@H]3C(=O)NCc3cc(Cl)cc(Cl)c3)C2)C1. The maximum Gasteiger partial charge on any atom is 0.282 e. The molecule has 0 unspecified atom stereocenters. The van der Waals surface area contributed by atoms with Crippen LogP contribution in [-0.2, 0) is 26.3 Å². The highest BCUT2D eigenvalue weighted by Crippen LogP contribution is 2.24. The van der Waals surface area contributed by atoms with E-state index in [-0.39, 0.29) is 50.5 Å². The number of likely N-dealkylation sites (tertiary alicyclic amines) is 1. The average molecular weight is 529 g/mol. The van der Waals surface area contributed by atoms with Gasteiger partial charge in [0.1, 0.15) is 12.1 Å². The Balaban J connectivity index is 1.36. The predicted molar refractivity (Wildman–Crippen MR) is 126 cm³/mol. The molecule has 0 saturated carbocycles. The van der Waals surface area contributed by atoms with Crippen molar-refractivity contribution < 1.29 is 18.0 Å². The molecule has 3 saturated heterocycles. The van der Waals surface area contributed by atoms with Gasteiger partial charge >= 0.3 is 0 Å². The van der Waals surface area contributed by atoms with E-state index >= 15 is 0 Å². The highest BCUT2D eigenvalue weighted by molar-refractivity contribution is 7.86. The predicted octanol–water partition coefficient (Wildman–Crippen LogP) is 0.575. The van der Waals surface area contributed by atoms with Gasteiger partial charge in [-0.05, 0) is 36.6 Å². The van der Waals surface area contributed by atoms with Crippen LogP contribution in [-0.4, -0.2) is 85.1 Å². The van der Waals surface area contributed by atoms with Crippen LogP contribution in [0, 0.1) is 17.2 Å². The molecule has 10 nitrogen and oxygen atoms in total. The van der Waals surface area contributed by atoms with Crippen LogP contribution in [0.4, 0.5) is 0 Å². The number of nitrogens with zero attached hydrogens (tertiary/aromatic N) is 4. The molecule has 0 spiro atoms. The Kier molecular flexibility index (Phi) is 7.66. The number of rotatable bonds is 6. The fraction of sp³-hybridized carbons (Fsp3) is 0.571. The van der Waals surface area contributed by atoms with E-state index < -0.39 is 22.3 Å². The first-order valence-electron chi connectivity index (χ1n) is 11.1. The Morgan fingerprint density at radius 2 is 1.82 bits per heavy atom. The fourth-order valence-electron chi connectivity index (χ4n) is 4.49. The molecular formula is C21H26Cl2N6O4S. The van der Waals surface area contributed by atoms with Gasteiger partial charge in [-0.3, -0.25) is 9.59 Å². The van der Waals surface area contributed by atoms with Crippen molar-refractivity contribution in [3.05, 3.63) is 33.8 Å². The standard InChI is InChI=1S/C21H26Cl2N6O4S/c22-16-6-14(7-17(23)8-16)10-26-20(30)19-2-1-4-29(19)21(31)18-13-27(5-3-25-18)34(32,33)28-11-15(9-24)12-28/h6-8,15,18-19,25H,1-5,10-13H2,(H,26,30)/t18-,19+/m0/s1. The van der Waals surface area contributed by atoms with E-state index in [4.69, 9.17) is 28.5 Å². The van der Waals surface area contributed by atoms with Gasteiger partial charge in [0, 0.05) is 55.9 Å². The lowest BCUT2D eigenvalue weighted by Gasteiger charge is -2.41.